The number of hydrogen-bond donors (Lipinski definition) is 3. The summed E-state index contributed by atoms with van der Waals surface area (Å²) >= 11 is 0. The highest BCUT2D eigenvalue weighted by molar-refractivity contribution is 6.05. The predicted octanol–water partition coefficient (Wildman–Crippen LogP) is 3.92. The van der Waals surface area contributed by atoms with Gasteiger partial charge in [-0.3, -0.25) is 9.20 Å². The number of aryl methyl sites for hydroxylation is 1. The van der Waals surface area contributed by atoms with Gasteiger partial charge in [0, 0.05) is 37.1 Å². The molecule has 3 aliphatic heterocycles. The number of amides is 1. The van der Waals surface area contributed by atoms with Crippen molar-refractivity contribution in [3.05, 3.63) is 76.8 Å². The number of nitrogens with one attached hydrogen (secondary N) is 3. The summed E-state index contributed by atoms with van der Waals surface area (Å²) in [6, 6.07) is 5.62. The maximum Gasteiger partial charge on any atom is 0.254 e. The summed E-state index contributed by atoms with van der Waals surface area (Å²) in [6.45, 7) is 5.14. The second-order valence-electron chi connectivity index (χ2n) is 9.11. The molecule has 2 aromatic heterocycles. The third kappa shape index (κ3) is 3.41. The quantitative estimate of drug-likeness (QED) is 0.553. The molecule has 174 valence electrons. The van der Waals surface area contributed by atoms with Crippen LogP contribution >= 0.6 is 0 Å². The Bertz CT molecular complexity index is 1370. The predicted molar refractivity (Wildman–Crippen MR) is 130 cm³/mol. The number of benzene rings is 1. The minimum atomic E-state index is -0.329. The molecule has 7 nitrogen and oxygen atoms in total. The molecule has 1 fully saturated rings. The van der Waals surface area contributed by atoms with Crippen LogP contribution in [0.15, 0.2) is 54.3 Å². The van der Waals surface area contributed by atoms with Crippen LogP contribution < -0.4 is 16.0 Å². The first-order chi connectivity index (χ1) is 16.6. The number of nitrogens with zero attached hydrogens (tertiary/aromatic N) is 3. The van der Waals surface area contributed by atoms with Gasteiger partial charge in [0.15, 0.2) is 11.5 Å². The van der Waals surface area contributed by atoms with Crippen LogP contribution in [-0.4, -0.2) is 39.8 Å². The Morgan fingerprint density at radius 1 is 1.06 bits per heavy atom. The van der Waals surface area contributed by atoms with Gasteiger partial charge in [0.2, 0.25) is 0 Å². The van der Waals surface area contributed by atoms with Gasteiger partial charge in [-0.2, -0.15) is 0 Å². The molecule has 0 radical (unpaired) electrons. The molecule has 0 spiro atoms. The fourth-order valence-corrected chi connectivity index (χ4v) is 5.11. The number of carbonyl (C=O) groups is 1. The van der Waals surface area contributed by atoms with E-state index < -0.39 is 0 Å². The lowest BCUT2D eigenvalue weighted by Gasteiger charge is -2.33. The minimum absolute atomic E-state index is 0.115. The topological polar surface area (TPSA) is 73.7 Å². The van der Waals surface area contributed by atoms with Crippen molar-refractivity contribution < 1.29 is 9.18 Å². The van der Waals surface area contributed by atoms with Crippen molar-refractivity contribution >= 4 is 17.2 Å². The first-order valence-electron chi connectivity index (χ1n) is 11.8. The van der Waals surface area contributed by atoms with Crippen molar-refractivity contribution in [2.45, 2.75) is 32.7 Å². The number of halogens is 1. The van der Waals surface area contributed by atoms with Crippen molar-refractivity contribution in [1.29, 1.82) is 0 Å². The molecule has 0 unspecified atom stereocenters. The summed E-state index contributed by atoms with van der Waals surface area (Å²) in [5, 5.41) is 9.80. The number of carbonyl (C=O) groups excluding carboxylic acids is 1. The van der Waals surface area contributed by atoms with Crippen molar-refractivity contribution in [2.24, 2.45) is 0 Å². The number of rotatable bonds is 4. The Hall–Kier alpha value is -3.81. The fraction of sp³-hybridized carbons (Fsp3) is 0.308. The lowest BCUT2D eigenvalue weighted by molar-refractivity contribution is 0.0966. The van der Waals surface area contributed by atoms with Gasteiger partial charge in [0.05, 0.1) is 29.7 Å². The largest absolute Gasteiger partial charge is 0.373 e. The van der Waals surface area contributed by atoms with Gasteiger partial charge < -0.3 is 20.9 Å². The van der Waals surface area contributed by atoms with Gasteiger partial charge in [0.25, 0.3) is 5.91 Å². The van der Waals surface area contributed by atoms with E-state index in [4.69, 9.17) is 0 Å². The van der Waals surface area contributed by atoms with Gasteiger partial charge in [-0.15, -0.1) is 0 Å². The van der Waals surface area contributed by atoms with E-state index in [-0.39, 0.29) is 17.4 Å². The molecule has 3 aromatic rings. The van der Waals surface area contributed by atoms with E-state index in [2.05, 4.69) is 31.9 Å². The minimum Gasteiger partial charge on any atom is -0.373 e. The highest BCUT2D eigenvalue weighted by atomic mass is 19.1. The van der Waals surface area contributed by atoms with E-state index in [1.165, 1.54) is 25.0 Å². The Morgan fingerprint density at radius 2 is 1.91 bits per heavy atom. The number of likely N-dealkylation sites (tertiary alicyclic amines) is 1. The molecule has 3 aliphatic rings. The SMILES string of the molecule is Cc1ccn2c(-c3ccc(NC4=CC=C(N5CCCCC5)CN4)c4c3CNC4=O)cnc2c1F. The van der Waals surface area contributed by atoms with Crippen molar-refractivity contribution in [1.82, 2.24) is 24.9 Å². The summed E-state index contributed by atoms with van der Waals surface area (Å²) in [6.07, 6.45) is 11.5. The molecule has 6 rings (SSSR count). The maximum absolute atomic E-state index is 14.6. The summed E-state index contributed by atoms with van der Waals surface area (Å²) in [5.74, 6) is 0.420. The molecule has 0 saturated carbocycles. The van der Waals surface area contributed by atoms with Crippen LogP contribution in [0.4, 0.5) is 10.1 Å². The lowest BCUT2D eigenvalue weighted by atomic mass is 9.99. The number of fused-ring (bicyclic) bond motifs is 2. The zero-order valence-electron chi connectivity index (χ0n) is 19.1. The Kier molecular flexibility index (Phi) is 5.01. The average molecular weight is 459 g/mol. The summed E-state index contributed by atoms with van der Waals surface area (Å²) in [7, 11) is 0. The first-order valence-corrected chi connectivity index (χ1v) is 11.8. The van der Waals surface area contributed by atoms with Crippen LogP contribution in [0, 0.1) is 12.7 Å². The second kappa shape index (κ2) is 8.20. The molecule has 0 aliphatic carbocycles. The number of aromatic nitrogens is 2. The molecule has 0 atom stereocenters. The molecular formula is C26H27FN6O. The van der Waals surface area contributed by atoms with E-state index in [1.54, 1.807) is 23.6 Å². The van der Waals surface area contributed by atoms with Gasteiger partial charge in [-0.1, -0.05) is 6.07 Å². The summed E-state index contributed by atoms with van der Waals surface area (Å²) in [5.41, 5.74) is 6.03. The van der Waals surface area contributed by atoms with E-state index in [0.717, 1.165) is 48.0 Å². The van der Waals surface area contributed by atoms with Crippen LogP contribution in [0.25, 0.3) is 16.9 Å². The zero-order chi connectivity index (χ0) is 23.2. The molecule has 1 aromatic carbocycles. The normalized spacial score (nSPS) is 17.7. The molecule has 3 N–H and O–H groups in total. The molecule has 8 heteroatoms. The van der Waals surface area contributed by atoms with Gasteiger partial charge >= 0.3 is 0 Å². The number of hydrogen-bond acceptors (Lipinski definition) is 5. The van der Waals surface area contributed by atoms with Crippen molar-refractivity contribution in [3.8, 4) is 11.3 Å². The van der Waals surface area contributed by atoms with Gasteiger partial charge in [-0.05, 0) is 61.6 Å². The lowest BCUT2D eigenvalue weighted by Crippen LogP contribution is -2.36. The molecular weight excluding hydrogens is 431 g/mol. The molecule has 5 heterocycles. The van der Waals surface area contributed by atoms with Crippen molar-refractivity contribution in [3.63, 3.8) is 0 Å². The summed E-state index contributed by atoms with van der Waals surface area (Å²) in [4.78, 5) is 19.5. The fourth-order valence-electron chi connectivity index (χ4n) is 5.11. The molecule has 0 bridgehead atoms. The number of piperidine rings is 1. The first kappa shape index (κ1) is 20.8. The zero-order valence-corrected chi connectivity index (χ0v) is 19.1. The molecule has 34 heavy (non-hydrogen) atoms. The number of allylic oxidation sites excluding steroid dienone is 2. The number of pyridine rings is 1. The average Bonchev–Trinajstić information content (AvgIpc) is 3.47. The van der Waals surface area contributed by atoms with Crippen LogP contribution in [0.1, 0.15) is 40.7 Å². The Labute approximate surface area is 197 Å². The number of anilines is 1. The van der Waals surface area contributed by atoms with Gasteiger partial charge in [0.1, 0.15) is 5.82 Å². The van der Waals surface area contributed by atoms with Crippen LogP contribution in [-0.2, 0) is 6.54 Å². The monoisotopic (exact) mass is 458 g/mol. The summed E-state index contributed by atoms with van der Waals surface area (Å²) < 4.78 is 16.3. The number of dihydropyridines is 1. The highest BCUT2D eigenvalue weighted by Gasteiger charge is 2.28. The van der Waals surface area contributed by atoms with E-state index in [1.807, 2.05) is 24.4 Å². The Balaban J connectivity index is 1.33. The maximum atomic E-state index is 14.6. The highest BCUT2D eigenvalue weighted by Crippen LogP contribution is 2.35. The van der Waals surface area contributed by atoms with E-state index in [9.17, 15) is 9.18 Å². The number of imidazole rings is 1. The molecule has 1 amide bonds. The van der Waals surface area contributed by atoms with E-state index in [0.29, 0.717) is 17.7 Å². The standard InChI is InChI=1S/C26H27FN6O/c1-16-9-12-33-21(15-29-25(33)24(16)27)18-6-7-20(23-19(18)14-30-26(23)34)31-22-8-5-17(13-28-22)32-10-3-2-4-11-32/h5-9,12,15,28,31H,2-4,10-11,13-14H2,1H3,(H,30,34). The third-order valence-corrected chi connectivity index (χ3v) is 6.99. The van der Waals surface area contributed by atoms with Gasteiger partial charge in [-0.25, -0.2) is 9.37 Å². The van der Waals surface area contributed by atoms with E-state index >= 15 is 0 Å². The van der Waals surface area contributed by atoms with Crippen molar-refractivity contribution in [2.75, 3.05) is 25.0 Å². The molecule has 1 saturated heterocycles. The smallest absolute Gasteiger partial charge is 0.254 e. The Morgan fingerprint density at radius 3 is 2.71 bits per heavy atom. The van der Waals surface area contributed by atoms with Crippen LogP contribution in [0.5, 0.6) is 0 Å². The second-order valence-corrected chi connectivity index (χ2v) is 9.11. The van der Waals surface area contributed by atoms with Crippen LogP contribution in [0.2, 0.25) is 0 Å². The van der Waals surface area contributed by atoms with Crippen LogP contribution in [0.3, 0.4) is 0 Å². The third-order valence-electron chi connectivity index (χ3n) is 6.99.